The van der Waals surface area contributed by atoms with Gasteiger partial charge in [0, 0.05) is 19.5 Å². The fourth-order valence-electron chi connectivity index (χ4n) is 2.37. The molecule has 0 bridgehead atoms. The highest BCUT2D eigenvalue weighted by Crippen LogP contribution is 2.25. The van der Waals surface area contributed by atoms with Crippen LogP contribution in [0.3, 0.4) is 0 Å². The Balaban J connectivity index is 1.88. The van der Waals surface area contributed by atoms with E-state index in [1.165, 1.54) is 12.1 Å². The lowest BCUT2D eigenvalue weighted by Crippen LogP contribution is -2.33. The van der Waals surface area contributed by atoms with Crippen molar-refractivity contribution in [3.8, 4) is 0 Å². The Morgan fingerprint density at radius 1 is 1.48 bits per heavy atom. The normalized spacial score (nSPS) is 17.8. The molecule has 1 unspecified atom stereocenters. The number of carbonyl (C=O) groups excluding carboxylic acids is 1. The molecule has 0 aliphatic carbocycles. The number of hydrogen-bond donors (Lipinski definition) is 2. The van der Waals surface area contributed by atoms with Crippen LogP contribution in [0.5, 0.6) is 0 Å². The molecule has 1 aromatic carbocycles. The second kappa shape index (κ2) is 6.76. The van der Waals surface area contributed by atoms with Gasteiger partial charge in [0.25, 0.3) is 0 Å². The van der Waals surface area contributed by atoms with Crippen LogP contribution in [0, 0.1) is 11.7 Å². The van der Waals surface area contributed by atoms with E-state index >= 15 is 0 Å². The molecular formula is C14H16ClFN2O3. The predicted octanol–water partition coefficient (Wildman–Crippen LogP) is 3.20. The summed E-state index contributed by atoms with van der Waals surface area (Å²) < 4.78 is 12.9. The molecule has 1 aliphatic heterocycles. The van der Waals surface area contributed by atoms with Crippen LogP contribution < -0.4 is 5.32 Å². The average Bonchev–Trinajstić information content (AvgIpc) is 2.88. The Kier molecular flexibility index (Phi) is 5.01. The highest BCUT2D eigenvalue weighted by Gasteiger charge is 2.26. The SMILES string of the molecule is O=C(O)CCC1CCN(C(=O)Nc2ccc(F)cc2Cl)C1. The molecule has 7 heteroatoms. The Labute approximate surface area is 126 Å². The summed E-state index contributed by atoms with van der Waals surface area (Å²) in [5.41, 5.74) is 0.358. The van der Waals surface area contributed by atoms with Gasteiger partial charge in [-0.15, -0.1) is 0 Å². The number of urea groups is 1. The molecule has 1 heterocycles. The van der Waals surface area contributed by atoms with Crippen LogP contribution in [0.25, 0.3) is 0 Å². The van der Waals surface area contributed by atoms with E-state index in [0.717, 1.165) is 12.5 Å². The molecule has 1 atom stereocenters. The van der Waals surface area contributed by atoms with Gasteiger partial charge in [-0.05, 0) is 37.0 Å². The third-order valence-corrected chi connectivity index (χ3v) is 3.82. The molecule has 114 valence electrons. The fourth-order valence-corrected chi connectivity index (χ4v) is 2.58. The first kappa shape index (κ1) is 15.6. The van der Waals surface area contributed by atoms with E-state index in [-0.39, 0.29) is 23.4 Å². The van der Waals surface area contributed by atoms with Gasteiger partial charge < -0.3 is 15.3 Å². The number of anilines is 1. The lowest BCUT2D eigenvalue weighted by Gasteiger charge is -2.18. The summed E-state index contributed by atoms with van der Waals surface area (Å²) in [6, 6.07) is 3.47. The Morgan fingerprint density at radius 2 is 2.24 bits per heavy atom. The Bertz CT molecular complexity index is 553. The molecule has 2 rings (SSSR count). The maximum absolute atomic E-state index is 12.9. The number of nitrogens with one attached hydrogen (secondary N) is 1. The highest BCUT2D eigenvalue weighted by atomic mass is 35.5. The van der Waals surface area contributed by atoms with E-state index in [0.29, 0.717) is 25.2 Å². The molecule has 1 aromatic rings. The fraction of sp³-hybridized carbons (Fsp3) is 0.429. The Morgan fingerprint density at radius 3 is 2.90 bits per heavy atom. The monoisotopic (exact) mass is 314 g/mol. The van der Waals surface area contributed by atoms with Crippen molar-refractivity contribution < 1.29 is 19.1 Å². The number of aliphatic carboxylic acids is 1. The van der Waals surface area contributed by atoms with Gasteiger partial charge in [-0.1, -0.05) is 11.6 Å². The Hall–Kier alpha value is -1.82. The van der Waals surface area contributed by atoms with Gasteiger partial charge in [-0.25, -0.2) is 9.18 Å². The summed E-state index contributed by atoms with van der Waals surface area (Å²) in [4.78, 5) is 24.2. The van der Waals surface area contributed by atoms with Crippen LogP contribution in [0.15, 0.2) is 18.2 Å². The lowest BCUT2D eigenvalue weighted by molar-refractivity contribution is -0.137. The number of amides is 2. The smallest absolute Gasteiger partial charge is 0.321 e. The van der Waals surface area contributed by atoms with Crippen LogP contribution in [-0.4, -0.2) is 35.1 Å². The minimum Gasteiger partial charge on any atom is -0.481 e. The second-order valence-electron chi connectivity index (χ2n) is 5.09. The average molecular weight is 315 g/mol. The third kappa shape index (κ3) is 4.32. The van der Waals surface area contributed by atoms with Gasteiger partial charge in [0.2, 0.25) is 0 Å². The van der Waals surface area contributed by atoms with Crippen molar-refractivity contribution in [3.63, 3.8) is 0 Å². The first-order valence-corrected chi connectivity index (χ1v) is 7.06. The summed E-state index contributed by atoms with van der Waals surface area (Å²) in [5.74, 6) is -1.08. The van der Waals surface area contributed by atoms with Crippen LogP contribution in [0.1, 0.15) is 19.3 Å². The second-order valence-corrected chi connectivity index (χ2v) is 5.49. The predicted molar refractivity (Wildman–Crippen MR) is 77.0 cm³/mol. The summed E-state index contributed by atoms with van der Waals surface area (Å²) >= 11 is 5.86. The van der Waals surface area contributed by atoms with Crippen molar-refractivity contribution >= 4 is 29.3 Å². The van der Waals surface area contributed by atoms with E-state index in [9.17, 15) is 14.0 Å². The zero-order valence-corrected chi connectivity index (χ0v) is 12.1. The summed E-state index contributed by atoms with van der Waals surface area (Å²) in [5, 5.41) is 11.4. The third-order valence-electron chi connectivity index (χ3n) is 3.51. The van der Waals surface area contributed by atoms with E-state index < -0.39 is 11.8 Å². The van der Waals surface area contributed by atoms with Crippen LogP contribution in [0.2, 0.25) is 5.02 Å². The molecule has 2 N–H and O–H groups in total. The van der Waals surface area contributed by atoms with Crippen molar-refractivity contribution in [2.24, 2.45) is 5.92 Å². The number of halogens is 2. The molecule has 0 saturated carbocycles. The van der Waals surface area contributed by atoms with Crippen LogP contribution in [0.4, 0.5) is 14.9 Å². The molecule has 21 heavy (non-hydrogen) atoms. The number of carboxylic acids is 1. The zero-order valence-electron chi connectivity index (χ0n) is 11.3. The van der Waals surface area contributed by atoms with Crippen LogP contribution >= 0.6 is 11.6 Å². The quantitative estimate of drug-likeness (QED) is 0.896. The maximum atomic E-state index is 12.9. The first-order chi connectivity index (χ1) is 9.95. The van der Waals surface area contributed by atoms with Crippen molar-refractivity contribution in [1.82, 2.24) is 4.90 Å². The minimum atomic E-state index is -0.823. The summed E-state index contributed by atoms with van der Waals surface area (Å²) in [6.45, 7) is 1.10. The van der Waals surface area contributed by atoms with E-state index in [1.54, 1.807) is 4.90 Å². The van der Waals surface area contributed by atoms with Crippen LogP contribution in [-0.2, 0) is 4.79 Å². The maximum Gasteiger partial charge on any atom is 0.321 e. The highest BCUT2D eigenvalue weighted by molar-refractivity contribution is 6.33. The standard InChI is InChI=1S/C14H16ClFN2O3/c15-11-7-10(16)2-3-12(11)17-14(21)18-6-5-9(8-18)1-4-13(19)20/h2-3,7,9H,1,4-6,8H2,(H,17,21)(H,19,20). The number of carboxylic acid groups (broad SMARTS) is 1. The molecule has 0 spiro atoms. The molecule has 1 aliphatic rings. The van der Waals surface area contributed by atoms with Gasteiger partial charge in [0.05, 0.1) is 10.7 Å². The van der Waals surface area contributed by atoms with Crippen molar-refractivity contribution in [1.29, 1.82) is 0 Å². The topological polar surface area (TPSA) is 69.6 Å². The molecular weight excluding hydrogens is 299 g/mol. The van der Waals surface area contributed by atoms with Gasteiger partial charge in [0.1, 0.15) is 5.82 Å². The van der Waals surface area contributed by atoms with Crippen molar-refractivity contribution in [3.05, 3.63) is 29.0 Å². The largest absolute Gasteiger partial charge is 0.481 e. The molecule has 0 aromatic heterocycles. The molecule has 1 saturated heterocycles. The molecule has 1 fully saturated rings. The van der Waals surface area contributed by atoms with E-state index in [2.05, 4.69) is 5.32 Å². The van der Waals surface area contributed by atoms with Gasteiger partial charge in [-0.3, -0.25) is 4.79 Å². The molecule has 0 radical (unpaired) electrons. The molecule has 5 nitrogen and oxygen atoms in total. The minimum absolute atomic E-state index is 0.115. The number of nitrogens with zero attached hydrogens (tertiary/aromatic N) is 1. The molecule has 2 amide bonds. The van der Waals surface area contributed by atoms with Crippen molar-refractivity contribution in [2.75, 3.05) is 18.4 Å². The number of carbonyl (C=O) groups is 2. The number of rotatable bonds is 4. The first-order valence-electron chi connectivity index (χ1n) is 6.68. The van der Waals surface area contributed by atoms with E-state index in [4.69, 9.17) is 16.7 Å². The number of likely N-dealkylation sites (tertiary alicyclic amines) is 1. The number of benzene rings is 1. The number of hydrogen-bond acceptors (Lipinski definition) is 2. The summed E-state index contributed by atoms with van der Waals surface area (Å²) in [6.07, 6.45) is 1.47. The zero-order chi connectivity index (χ0) is 15.4. The van der Waals surface area contributed by atoms with Crippen molar-refractivity contribution in [2.45, 2.75) is 19.3 Å². The lowest BCUT2D eigenvalue weighted by atomic mass is 10.0. The van der Waals surface area contributed by atoms with E-state index in [1.807, 2.05) is 0 Å². The summed E-state index contributed by atoms with van der Waals surface area (Å²) in [7, 11) is 0. The van der Waals surface area contributed by atoms with Gasteiger partial charge in [0.15, 0.2) is 0 Å². The van der Waals surface area contributed by atoms with Gasteiger partial charge in [-0.2, -0.15) is 0 Å². The van der Waals surface area contributed by atoms with Gasteiger partial charge >= 0.3 is 12.0 Å².